The van der Waals surface area contributed by atoms with Gasteiger partial charge in [0.25, 0.3) is 0 Å². The third kappa shape index (κ3) is 24.3. The quantitative estimate of drug-likeness (QED) is 0.0869. The monoisotopic (exact) mass is 549 g/mol. The maximum absolute atomic E-state index is 9.98. The molecule has 0 spiro atoms. The molecule has 0 radical (unpaired) electrons. The number of rotatable bonds is 25. The van der Waals surface area contributed by atoms with E-state index in [1.165, 1.54) is 133 Å². The van der Waals surface area contributed by atoms with E-state index in [1.54, 1.807) is 0 Å². The van der Waals surface area contributed by atoms with Crippen LogP contribution in [0.1, 0.15) is 129 Å². The van der Waals surface area contributed by atoms with Crippen LogP contribution in [0.25, 0.3) is 0 Å². The highest BCUT2D eigenvalue weighted by atomic mass is 16.4. The average molecular weight is 550 g/mol. The van der Waals surface area contributed by atoms with Crippen LogP contribution < -0.4 is 5.11 Å². The van der Waals surface area contributed by atoms with E-state index in [0.717, 1.165) is 0 Å². The van der Waals surface area contributed by atoms with Gasteiger partial charge < -0.3 is 39.9 Å². The van der Waals surface area contributed by atoms with Gasteiger partial charge in [0.1, 0.15) is 24.4 Å². The lowest BCUT2D eigenvalue weighted by Crippen LogP contribution is -2.52. The molecule has 0 aromatic carbocycles. The van der Waals surface area contributed by atoms with Crippen molar-refractivity contribution in [2.75, 3.05) is 33.8 Å². The van der Waals surface area contributed by atoms with E-state index in [-0.39, 0.29) is 0 Å². The van der Waals surface area contributed by atoms with E-state index in [9.17, 15) is 9.90 Å². The lowest BCUT2D eigenvalue weighted by Gasteiger charge is -2.30. The largest absolute Gasteiger partial charge is 0.547 e. The van der Waals surface area contributed by atoms with Crippen LogP contribution in [0, 0.1) is 0 Å². The Kier molecular flexibility index (Phi) is 27.4. The number of aliphatic carboxylic acids is 1. The van der Waals surface area contributed by atoms with Crippen LogP contribution in [0.4, 0.5) is 0 Å². The molecule has 4 atom stereocenters. The first-order chi connectivity index (χ1) is 18.0. The van der Waals surface area contributed by atoms with Gasteiger partial charge >= 0.3 is 0 Å². The van der Waals surface area contributed by atoms with E-state index in [1.807, 2.05) is 0 Å². The number of quaternary nitrogens is 1. The van der Waals surface area contributed by atoms with Gasteiger partial charge in [0, 0.05) is 0 Å². The summed E-state index contributed by atoms with van der Waals surface area (Å²) in [6.45, 7) is 6.50. The number of carboxylic acids is 1. The summed E-state index contributed by atoms with van der Waals surface area (Å²) in [7, 11) is 4.88. The Hall–Kier alpha value is -0.770. The highest BCUT2D eigenvalue weighted by molar-refractivity contribution is 5.70. The summed E-state index contributed by atoms with van der Waals surface area (Å²) in [5.74, 6) is -1.98. The second-order valence-corrected chi connectivity index (χ2v) is 11.5. The molecule has 0 bridgehead atoms. The maximum Gasteiger partial charge on any atom is 0.122 e. The first-order valence-electron chi connectivity index (χ1n) is 15.4. The Labute approximate surface area is 233 Å². The minimum atomic E-state index is -2.31. The van der Waals surface area contributed by atoms with E-state index in [4.69, 9.17) is 25.5 Å². The molecule has 0 fully saturated rings. The van der Waals surface area contributed by atoms with Crippen molar-refractivity contribution < 1.29 is 39.9 Å². The highest BCUT2D eigenvalue weighted by Crippen LogP contribution is 2.13. The van der Waals surface area contributed by atoms with Crippen LogP contribution in [0.15, 0.2) is 0 Å². The third-order valence-electron chi connectivity index (χ3n) is 7.23. The van der Waals surface area contributed by atoms with Crippen molar-refractivity contribution in [2.24, 2.45) is 0 Å². The van der Waals surface area contributed by atoms with E-state index in [2.05, 4.69) is 27.9 Å². The van der Waals surface area contributed by atoms with Crippen molar-refractivity contribution in [2.45, 2.75) is 154 Å². The molecule has 0 saturated heterocycles. The zero-order chi connectivity index (χ0) is 29.2. The number of aliphatic hydroxyl groups excluding tert-OH is 5. The number of carboxylic acid groups (broad SMARTS) is 1. The standard InChI is InChI=1S/C24H52N.C6H12O7/c1-5-7-9-11-13-15-17-19-21-23-25(3,4)24-22-20-18-16-14-12-10-8-6-2;7-1-2(8)3(9)4(10)5(11)6(12)13/h5-24H2,1-4H3;2-5,7-11H,1H2,(H,12,13)/q+1;/p-1/t;2-,3-,4+,5-/m.1/s1. The predicted molar refractivity (Wildman–Crippen MR) is 152 cm³/mol. The molecule has 8 nitrogen and oxygen atoms in total. The van der Waals surface area contributed by atoms with Gasteiger partial charge in [-0.2, -0.15) is 0 Å². The Bertz CT molecular complexity index is 495. The van der Waals surface area contributed by atoms with Crippen LogP contribution in [0.3, 0.4) is 0 Å². The van der Waals surface area contributed by atoms with Crippen molar-refractivity contribution in [3.8, 4) is 0 Å². The Morgan fingerprint density at radius 1 is 0.605 bits per heavy atom. The molecule has 230 valence electrons. The number of hydrogen-bond acceptors (Lipinski definition) is 7. The Balaban J connectivity index is 0. The van der Waals surface area contributed by atoms with Gasteiger partial charge in [0.15, 0.2) is 0 Å². The number of carbonyl (C=O) groups is 1. The first-order valence-corrected chi connectivity index (χ1v) is 15.4. The summed E-state index contributed by atoms with van der Waals surface area (Å²) >= 11 is 0. The molecule has 0 amide bonds. The molecule has 0 aliphatic heterocycles. The number of hydrogen-bond donors (Lipinski definition) is 5. The van der Waals surface area contributed by atoms with E-state index in [0.29, 0.717) is 0 Å². The maximum atomic E-state index is 9.98. The normalized spacial score (nSPS) is 14.9. The molecule has 0 aliphatic carbocycles. The fourth-order valence-electron chi connectivity index (χ4n) is 4.47. The molecule has 0 unspecified atom stereocenters. The molecule has 5 N–H and O–H groups in total. The molecular weight excluding hydrogens is 486 g/mol. The van der Waals surface area contributed by atoms with Crippen LogP contribution in [-0.4, -0.2) is 94.2 Å². The van der Waals surface area contributed by atoms with Gasteiger partial charge in [0.05, 0.1) is 39.8 Å². The summed E-state index contributed by atoms with van der Waals surface area (Å²) in [6.07, 6.45) is 17.9. The number of unbranched alkanes of at least 4 members (excludes halogenated alkanes) is 16. The zero-order valence-electron chi connectivity index (χ0n) is 25.2. The summed E-state index contributed by atoms with van der Waals surface area (Å²) in [6, 6.07) is 0. The molecule has 0 saturated carbocycles. The summed E-state index contributed by atoms with van der Waals surface area (Å²) < 4.78 is 1.24. The second-order valence-electron chi connectivity index (χ2n) is 11.5. The lowest BCUT2D eigenvalue weighted by molar-refractivity contribution is -0.890. The van der Waals surface area contributed by atoms with Crippen LogP contribution in [0.5, 0.6) is 0 Å². The fourth-order valence-corrected chi connectivity index (χ4v) is 4.47. The summed E-state index contributed by atoms with van der Waals surface area (Å²) in [5, 5.41) is 53.4. The highest BCUT2D eigenvalue weighted by Gasteiger charge is 2.30. The fraction of sp³-hybridized carbons (Fsp3) is 0.967. The SMILES string of the molecule is CCCCCCCCCCC[N+](C)(C)CCCCCCCCCCC.O=C([O-])[C@H](O)[C@@H](O)[C@H](O)[C@H](O)CO. The van der Waals surface area contributed by atoms with Crippen LogP contribution in [0.2, 0.25) is 0 Å². The topological polar surface area (TPSA) is 141 Å². The van der Waals surface area contributed by atoms with Crippen molar-refractivity contribution in [3.05, 3.63) is 0 Å². The van der Waals surface area contributed by atoms with Crippen LogP contribution in [-0.2, 0) is 4.79 Å². The number of carbonyl (C=O) groups excluding carboxylic acids is 1. The average Bonchev–Trinajstić information content (AvgIpc) is 2.89. The number of nitrogens with zero attached hydrogens (tertiary/aromatic N) is 1. The summed E-state index contributed by atoms with van der Waals surface area (Å²) in [4.78, 5) is 9.98. The van der Waals surface area contributed by atoms with E-state index < -0.39 is 37.0 Å². The number of aliphatic hydroxyl groups is 5. The molecule has 8 heteroatoms. The Morgan fingerprint density at radius 2 is 0.921 bits per heavy atom. The third-order valence-corrected chi connectivity index (χ3v) is 7.23. The van der Waals surface area contributed by atoms with Gasteiger partial charge in [0.2, 0.25) is 0 Å². The minimum Gasteiger partial charge on any atom is -0.547 e. The molecule has 0 aromatic rings. The van der Waals surface area contributed by atoms with Gasteiger partial charge in [-0.3, -0.25) is 0 Å². The molecule has 0 aliphatic rings. The molecule has 0 heterocycles. The van der Waals surface area contributed by atoms with Gasteiger partial charge in [-0.25, -0.2) is 0 Å². The molecule has 0 rings (SSSR count). The summed E-state index contributed by atoms with van der Waals surface area (Å²) in [5.41, 5.74) is 0. The Morgan fingerprint density at radius 3 is 1.21 bits per heavy atom. The van der Waals surface area contributed by atoms with Gasteiger partial charge in [-0.15, -0.1) is 0 Å². The lowest BCUT2D eigenvalue weighted by atomic mass is 10.0. The zero-order valence-corrected chi connectivity index (χ0v) is 25.2. The van der Waals surface area contributed by atoms with Crippen LogP contribution >= 0.6 is 0 Å². The molecule has 38 heavy (non-hydrogen) atoms. The van der Waals surface area contributed by atoms with Crippen molar-refractivity contribution >= 4 is 5.97 Å². The van der Waals surface area contributed by atoms with Gasteiger partial charge in [-0.1, -0.05) is 104 Å². The molecular formula is C30H63NO7. The molecule has 0 aromatic heterocycles. The minimum absolute atomic E-state index is 0.863. The second kappa shape index (κ2) is 26.5. The van der Waals surface area contributed by atoms with Crippen molar-refractivity contribution in [1.82, 2.24) is 0 Å². The smallest absolute Gasteiger partial charge is 0.122 e. The first kappa shape index (κ1) is 39.4. The van der Waals surface area contributed by atoms with Crippen molar-refractivity contribution in [1.29, 1.82) is 0 Å². The van der Waals surface area contributed by atoms with Gasteiger partial charge in [-0.05, 0) is 25.7 Å². The van der Waals surface area contributed by atoms with E-state index >= 15 is 0 Å². The predicted octanol–water partition coefficient (Wildman–Crippen LogP) is 3.30. The van der Waals surface area contributed by atoms with Crippen molar-refractivity contribution in [3.63, 3.8) is 0 Å².